The molecule has 1 saturated carbocycles. The van der Waals surface area contributed by atoms with Crippen LogP contribution in [0.25, 0.3) is 0 Å². The standard InChI is InChI=1S/C10H19NO4S/c1-3-15-9(12)10(11)6-5-8(7-10)16(13,14)4-2/h8H,3-7,11H2,1-2H3. The van der Waals surface area contributed by atoms with Gasteiger partial charge in [-0.25, -0.2) is 8.42 Å². The monoisotopic (exact) mass is 249 g/mol. The van der Waals surface area contributed by atoms with Crippen molar-refractivity contribution in [2.45, 2.75) is 43.9 Å². The van der Waals surface area contributed by atoms with E-state index in [4.69, 9.17) is 10.5 Å². The van der Waals surface area contributed by atoms with Crippen LogP contribution in [0.4, 0.5) is 0 Å². The van der Waals surface area contributed by atoms with Gasteiger partial charge in [0.05, 0.1) is 11.9 Å². The van der Waals surface area contributed by atoms with E-state index < -0.39 is 26.6 Å². The molecular weight excluding hydrogens is 230 g/mol. The fourth-order valence-electron chi connectivity index (χ4n) is 2.03. The Kier molecular flexibility index (Phi) is 3.96. The zero-order valence-corrected chi connectivity index (χ0v) is 10.5. The lowest BCUT2D eigenvalue weighted by Crippen LogP contribution is -2.47. The summed E-state index contributed by atoms with van der Waals surface area (Å²) in [4.78, 5) is 11.6. The number of carbonyl (C=O) groups is 1. The van der Waals surface area contributed by atoms with E-state index in [1.807, 2.05) is 0 Å². The summed E-state index contributed by atoms with van der Waals surface area (Å²) in [7, 11) is -3.11. The van der Waals surface area contributed by atoms with Crippen molar-refractivity contribution >= 4 is 15.8 Å². The lowest BCUT2D eigenvalue weighted by molar-refractivity contribution is -0.149. The number of rotatable bonds is 4. The molecule has 1 aliphatic carbocycles. The Bertz CT molecular complexity index is 365. The molecule has 0 heterocycles. The van der Waals surface area contributed by atoms with E-state index in [0.717, 1.165) is 0 Å². The maximum absolute atomic E-state index is 11.7. The molecule has 0 aromatic heterocycles. The van der Waals surface area contributed by atoms with Gasteiger partial charge in [-0.2, -0.15) is 0 Å². The fraction of sp³-hybridized carbons (Fsp3) is 0.900. The third-order valence-electron chi connectivity index (χ3n) is 3.10. The van der Waals surface area contributed by atoms with Crippen molar-refractivity contribution in [3.8, 4) is 0 Å². The highest BCUT2D eigenvalue weighted by molar-refractivity contribution is 7.92. The minimum absolute atomic E-state index is 0.0938. The molecular formula is C10H19NO4S. The Hall–Kier alpha value is -0.620. The van der Waals surface area contributed by atoms with E-state index in [0.29, 0.717) is 12.8 Å². The summed E-state index contributed by atoms with van der Waals surface area (Å²) in [6.45, 7) is 3.58. The summed E-state index contributed by atoms with van der Waals surface area (Å²) in [5.41, 5.74) is 4.78. The second kappa shape index (κ2) is 4.71. The first-order valence-corrected chi connectivity index (χ1v) is 7.25. The summed E-state index contributed by atoms with van der Waals surface area (Å²) in [5, 5.41) is -0.494. The van der Waals surface area contributed by atoms with Crippen molar-refractivity contribution in [3.63, 3.8) is 0 Å². The highest BCUT2D eigenvalue weighted by Gasteiger charge is 2.46. The normalized spacial score (nSPS) is 30.3. The quantitative estimate of drug-likeness (QED) is 0.721. The molecule has 1 rings (SSSR count). The second-order valence-electron chi connectivity index (χ2n) is 4.19. The molecule has 5 nitrogen and oxygen atoms in total. The lowest BCUT2D eigenvalue weighted by Gasteiger charge is -2.21. The molecule has 0 aliphatic heterocycles. The molecule has 1 aliphatic rings. The molecule has 0 aromatic carbocycles. The molecule has 0 aromatic rings. The van der Waals surface area contributed by atoms with Crippen LogP contribution < -0.4 is 5.73 Å². The van der Waals surface area contributed by atoms with Gasteiger partial charge in [-0.05, 0) is 26.2 Å². The molecule has 0 saturated heterocycles. The molecule has 0 spiro atoms. The molecule has 94 valence electrons. The van der Waals surface area contributed by atoms with E-state index in [-0.39, 0.29) is 18.8 Å². The van der Waals surface area contributed by atoms with Gasteiger partial charge in [-0.1, -0.05) is 6.92 Å². The lowest BCUT2D eigenvalue weighted by atomic mass is 10.00. The summed E-state index contributed by atoms with van der Waals surface area (Å²) < 4.78 is 28.2. The largest absolute Gasteiger partial charge is 0.465 e. The molecule has 1 fully saturated rings. The van der Waals surface area contributed by atoms with Crippen LogP contribution in [0, 0.1) is 0 Å². The van der Waals surface area contributed by atoms with Crippen molar-refractivity contribution < 1.29 is 17.9 Å². The maximum Gasteiger partial charge on any atom is 0.326 e. The molecule has 16 heavy (non-hydrogen) atoms. The summed E-state index contributed by atoms with van der Waals surface area (Å²) in [6, 6.07) is 0. The smallest absolute Gasteiger partial charge is 0.326 e. The first kappa shape index (κ1) is 13.4. The van der Waals surface area contributed by atoms with Gasteiger partial charge in [-0.3, -0.25) is 4.79 Å². The van der Waals surface area contributed by atoms with Gasteiger partial charge >= 0.3 is 5.97 Å². The number of nitrogens with two attached hydrogens (primary N) is 1. The number of hydrogen-bond acceptors (Lipinski definition) is 5. The minimum atomic E-state index is -3.11. The molecule has 2 atom stereocenters. The fourth-order valence-corrected chi connectivity index (χ4v) is 3.53. The Morgan fingerprint density at radius 3 is 2.62 bits per heavy atom. The minimum Gasteiger partial charge on any atom is -0.465 e. The molecule has 0 radical (unpaired) electrons. The number of esters is 1. The van der Waals surface area contributed by atoms with Crippen LogP contribution in [0.2, 0.25) is 0 Å². The van der Waals surface area contributed by atoms with Crippen LogP contribution in [-0.2, 0) is 19.4 Å². The third-order valence-corrected chi connectivity index (χ3v) is 5.32. The van der Waals surface area contributed by atoms with Gasteiger partial charge in [-0.15, -0.1) is 0 Å². The molecule has 0 amide bonds. The van der Waals surface area contributed by atoms with E-state index >= 15 is 0 Å². The van der Waals surface area contributed by atoms with Gasteiger partial charge in [0.25, 0.3) is 0 Å². The van der Waals surface area contributed by atoms with Crippen LogP contribution in [0.5, 0.6) is 0 Å². The zero-order valence-electron chi connectivity index (χ0n) is 9.73. The van der Waals surface area contributed by atoms with Crippen LogP contribution in [0.3, 0.4) is 0 Å². The van der Waals surface area contributed by atoms with Crippen molar-refractivity contribution in [1.29, 1.82) is 0 Å². The van der Waals surface area contributed by atoms with Gasteiger partial charge in [0.2, 0.25) is 0 Å². The van der Waals surface area contributed by atoms with Crippen LogP contribution in [0.15, 0.2) is 0 Å². The highest BCUT2D eigenvalue weighted by Crippen LogP contribution is 2.33. The molecule has 2 N–H and O–H groups in total. The van der Waals surface area contributed by atoms with Crippen molar-refractivity contribution in [3.05, 3.63) is 0 Å². The van der Waals surface area contributed by atoms with Crippen molar-refractivity contribution in [2.24, 2.45) is 5.73 Å². The first-order valence-electron chi connectivity index (χ1n) is 5.53. The van der Waals surface area contributed by atoms with Gasteiger partial charge in [0.15, 0.2) is 9.84 Å². The zero-order chi connectivity index (χ0) is 12.4. The van der Waals surface area contributed by atoms with Gasteiger partial charge < -0.3 is 10.5 Å². The number of hydrogen-bond donors (Lipinski definition) is 1. The maximum atomic E-state index is 11.7. The number of ether oxygens (including phenoxy) is 1. The SMILES string of the molecule is CCOC(=O)C1(N)CCC(S(=O)(=O)CC)C1. The molecule has 2 unspecified atom stereocenters. The van der Waals surface area contributed by atoms with Crippen LogP contribution in [0.1, 0.15) is 33.1 Å². The topological polar surface area (TPSA) is 86.5 Å². The average molecular weight is 249 g/mol. The average Bonchev–Trinajstić information content (AvgIpc) is 2.63. The Morgan fingerprint density at radius 2 is 2.12 bits per heavy atom. The van der Waals surface area contributed by atoms with Gasteiger partial charge in [0, 0.05) is 5.75 Å². The predicted octanol–water partition coefficient (Wildman–Crippen LogP) is 0.234. The van der Waals surface area contributed by atoms with E-state index in [1.54, 1.807) is 13.8 Å². The third kappa shape index (κ3) is 2.55. The summed E-state index contributed by atoms with van der Waals surface area (Å²) in [6.07, 6.45) is 1.02. The van der Waals surface area contributed by atoms with Crippen molar-refractivity contribution in [1.82, 2.24) is 0 Å². The van der Waals surface area contributed by atoms with Crippen LogP contribution in [-0.4, -0.2) is 37.5 Å². The van der Waals surface area contributed by atoms with E-state index in [9.17, 15) is 13.2 Å². The molecule has 0 bridgehead atoms. The number of sulfone groups is 1. The Labute approximate surface area is 96.3 Å². The van der Waals surface area contributed by atoms with E-state index in [1.165, 1.54) is 0 Å². The predicted molar refractivity (Wildman–Crippen MR) is 60.7 cm³/mol. The summed E-state index contributed by atoms with van der Waals surface area (Å²) >= 11 is 0. The van der Waals surface area contributed by atoms with E-state index in [2.05, 4.69) is 0 Å². The highest BCUT2D eigenvalue weighted by atomic mass is 32.2. The van der Waals surface area contributed by atoms with Crippen LogP contribution >= 0.6 is 0 Å². The van der Waals surface area contributed by atoms with Gasteiger partial charge in [0.1, 0.15) is 5.54 Å². The first-order chi connectivity index (χ1) is 7.35. The Balaban J connectivity index is 2.75. The number of carbonyl (C=O) groups excluding carboxylic acids is 1. The Morgan fingerprint density at radius 1 is 1.50 bits per heavy atom. The molecule has 6 heteroatoms. The summed E-state index contributed by atoms with van der Waals surface area (Å²) in [5.74, 6) is -0.389. The second-order valence-corrected chi connectivity index (χ2v) is 6.76. The van der Waals surface area contributed by atoms with Crippen molar-refractivity contribution in [2.75, 3.05) is 12.4 Å².